The molecule has 0 unspecified atom stereocenters. The van der Waals surface area contributed by atoms with Gasteiger partial charge in [-0.1, -0.05) is 11.2 Å². The zero-order valence-corrected chi connectivity index (χ0v) is 11.3. The van der Waals surface area contributed by atoms with Crippen LogP contribution in [0, 0.1) is 11.6 Å². The minimum atomic E-state index is -0.973. The van der Waals surface area contributed by atoms with Gasteiger partial charge in [0.25, 0.3) is 5.91 Å². The van der Waals surface area contributed by atoms with E-state index in [4.69, 9.17) is 4.52 Å². The first-order valence-electron chi connectivity index (χ1n) is 5.90. The summed E-state index contributed by atoms with van der Waals surface area (Å²) in [5, 5.41) is 8.03. The number of carbonyl (C=O) groups excluding carboxylic acids is 1. The Morgan fingerprint density at radius 2 is 2.05 bits per heavy atom. The lowest BCUT2D eigenvalue weighted by atomic mass is 10.1. The van der Waals surface area contributed by atoms with Gasteiger partial charge < -0.3 is 4.52 Å². The zero-order valence-electron chi connectivity index (χ0n) is 10.5. The van der Waals surface area contributed by atoms with Gasteiger partial charge in [0.2, 0.25) is 5.88 Å². The van der Waals surface area contributed by atoms with Crippen molar-refractivity contribution in [3.63, 3.8) is 0 Å². The number of hydrogen-bond acceptors (Lipinski definition) is 4. The van der Waals surface area contributed by atoms with E-state index in [1.165, 1.54) is 23.5 Å². The number of hydrogen-bond donors (Lipinski definition) is 1. The molecule has 0 radical (unpaired) electrons. The van der Waals surface area contributed by atoms with Crippen molar-refractivity contribution in [1.82, 2.24) is 5.16 Å². The topological polar surface area (TPSA) is 55.1 Å². The standard InChI is InChI=1S/C14H8F2N2O2S/c15-9-4-3-8(6-10(9)16)11-7-13(20-18-11)17-14(19)12-2-1-5-21-12/h1-7H,(H,17,19). The first-order valence-corrected chi connectivity index (χ1v) is 6.78. The molecule has 1 amide bonds. The van der Waals surface area contributed by atoms with Crippen molar-refractivity contribution in [2.24, 2.45) is 0 Å². The summed E-state index contributed by atoms with van der Waals surface area (Å²) < 4.78 is 31.0. The average molecular weight is 306 g/mol. The minimum absolute atomic E-state index is 0.133. The van der Waals surface area contributed by atoms with Gasteiger partial charge >= 0.3 is 0 Å². The Bertz CT molecular complexity index is 784. The second-order valence-electron chi connectivity index (χ2n) is 4.14. The van der Waals surface area contributed by atoms with Crippen molar-refractivity contribution in [1.29, 1.82) is 0 Å². The number of rotatable bonds is 3. The fraction of sp³-hybridized carbons (Fsp3) is 0. The maximum absolute atomic E-state index is 13.2. The molecule has 2 aromatic heterocycles. The highest BCUT2D eigenvalue weighted by Gasteiger charge is 2.13. The van der Waals surface area contributed by atoms with E-state index in [2.05, 4.69) is 10.5 Å². The maximum Gasteiger partial charge on any atom is 0.268 e. The van der Waals surface area contributed by atoms with E-state index in [9.17, 15) is 13.6 Å². The van der Waals surface area contributed by atoms with Gasteiger partial charge in [0.1, 0.15) is 5.69 Å². The number of aromatic nitrogens is 1. The van der Waals surface area contributed by atoms with E-state index in [0.29, 0.717) is 16.1 Å². The van der Waals surface area contributed by atoms with Crippen LogP contribution in [0.15, 0.2) is 46.3 Å². The van der Waals surface area contributed by atoms with Gasteiger partial charge in [0.15, 0.2) is 11.6 Å². The molecule has 1 aromatic carbocycles. The lowest BCUT2D eigenvalue weighted by Crippen LogP contribution is -2.09. The SMILES string of the molecule is O=C(Nc1cc(-c2ccc(F)c(F)c2)no1)c1cccs1. The molecule has 0 atom stereocenters. The van der Waals surface area contributed by atoms with Crippen molar-refractivity contribution in [2.75, 3.05) is 5.32 Å². The molecule has 106 valence electrons. The molecule has 0 saturated heterocycles. The van der Waals surface area contributed by atoms with E-state index in [1.54, 1.807) is 17.5 Å². The third-order valence-electron chi connectivity index (χ3n) is 2.71. The number of halogens is 2. The average Bonchev–Trinajstić information content (AvgIpc) is 3.12. The van der Waals surface area contributed by atoms with Gasteiger partial charge in [-0.15, -0.1) is 11.3 Å². The summed E-state index contributed by atoms with van der Waals surface area (Å²) in [6.07, 6.45) is 0. The minimum Gasteiger partial charge on any atom is -0.338 e. The van der Waals surface area contributed by atoms with Crippen LogP contribution in [0.3, 0.4) is 0 Å². The summed E-state index contributed by atoms with van der Waals surface area (Å²) in [6.45, 7) is 0. The van der Waals surface area contributed by atoms with Gasteiger partial charge in [0.05, 0.1) is 4.88 Å². The molecule has 0 aliphatic carbocycles. The summed E-state index contributed by atoms with van der Waals surface area (Å²) >= 11 is 1.29. The van der Waals surface area contributed by atoms with Crippen LogP contribution in [0.2, 0.25) is 0 Å². The van der Waals surface area contributed by atoms with Crippen LogP contribution in [0.5, 0.6) is 0 Å². The van der Waals surface area contributed by atoms with Gasteiger partial charge in [-0.25, -0.2) is 8.78 Å². The molecule has 0 aliphatic heterocycles. The number of nitrogens with zero attached hydrogens (tertiary/aromatic N) is 1. The van der Waals surface area contributed by atoms with Crippen LogP contribution in [0.25, 0.3) is 11.3 Å². The molecule has 7 heteroatoms. The van der Waals surface area contributed by atoms with Gasteiger partial charge in [-0.05, 0) is 29.6 Å². The van der Waals surface area contributed by atoms with E-state index < -0.39 is 11.6 Å². The number of benzene rings is 1. The Labute approximate surface area is 122 Å². The smallest absolute Gasteiger partial charge is 0.268 e. The van der Waals surface area contributed by atoms with Gasteiger partial charge in [-0.2, -0.15) is 0 Å². The lowest BCUT2D eigenvalue weighted by molar-refractivity contribution is 0.102. The van der Waals surface area contributed by atoms with Crippen molar-refractivity contribution in [3.05, 3.63) is 58.3 Å². The first-order chi connectivity index (χ1) is 10.1. The number of thiophene rings is 1. The lowest BCUT2D eigenvalue weighted by Gasteiger charge is -1.97. The van der Waals surface area contributed by atoms with Gasteiger partial charge in [0, 0.05) is 11.6 Å². The highest BCUT2D eigenvalue weighted by Crippen LogP contribution is 2.24. The van der Waals surface area contributed by atoms with Crippen molar-refractivity contribution >= 4 is 23.1 Å². The van der Waals surface area contributed by atoms with Crippen LogP contribution in [0.1, 0.15) is 9.67 Å². The van der Waals surface area contributed by atoms with Crippen LogP contribution in [-0.4, -0.2) is 11.1 Å². The monoisotopic (exact) mass is 306 g/mol. The predicted octanol–water partition coefficient (Wildman–Crippen LogP) is 3.93. The van der Waals surface area contributed by atoms with Crippen LogP contribution in [-0.2, 0) is 0 Å². The Morgan fingerprint density at radius 3 is 2.76 bits per heavy atom. The highest BCUT2D eigenvalue weighted by molar-refractivity contribution is 7.12. The molecular weight excluding hydrogens is 298 g/mol. The molecule has 0 saturated carbocycles. The van der Waals surface area contributed by atoms with E-state index in [0.717, 1.165) is 12.1 Å². The molecular formula is C14H8F2N2O2S. The number of nitrogens with one attached hydrogen (secondary N) is 1. The first kappa shape index (κ1) is 13.4. The van der Waals surface area contributed by atoms with Crippen LogP contribution < -0.4 is 5.32 Å². The largest absolute Gasteiger partial charge is 0.338 e. The summed E-state index contributed by atoms with van der Waals surface area (Å²) in [7, 11) is 0. The molecule has 3 aromatic rings. The normalized spacial score (nSPS) is 10.6. The maximum atomic E-state index is 13.2. The summed E-state index contributed by atoms with van der Waals surface area (Å²) in [4.78, 5) is 12.4. The van der Waals surface area contributed by atoms with E-state index in [1.807, 2.05) is 0 Å². The van der Waals surface area contributed by atoms with Crippen LogP contribution >= 0.6 is 11.3 Å². The fourth-order valence-corrected chi connectivity index (χ4v) is 2.33. The molecule has 4 nitrogen and oxygen atoms in total. The summed E-state index contributed by atoms with van der Waals surface area (Å²) in [5.74, 6) is -2.10. The Balaban J connectivity index is 1.80. The van der Waals surface area contributed by atoms with Crippen molar-refractivity contribution < 1.29 is 18.1 Å². The molecule has 21 heavy (non-hydrogen) atoms. The fourth-order valence-electron chi connectivity index (χ4n) is 1.71. The quantitative estimate of drug-likeness (QED) is 0.797. The van der Waals surface area contributed by atoms with E-state index >= 15 is 0 Å². The number of amides is 1. The molecule has 0 aliphatic rings. The Kier molecular flexibility index (Phi) is 3.49. The molecule has 0 bridgehead atoms. The second-order valence-corrected chi connectivity index (χ2v) is 5.08. The predicted molar refractivity (Wildman–Crippen MR) is 74.1 cm³/mol. The highest BCUT2D eigenvalue weighted by atomic mass is 32.1. The van der Waals surface area contributed by atoms with E-state index in [-0.39, 0.29) is 11.8 Å². The molecule has 0 spiro atoms. The zero-order chi connectivity index (χ0) is 14.8. The molecule has 2 heterocycles. The summed E-state index contributed by atoms with van der Waals surface area (Å²) in [5.41, 5.74) is 0.657. The third-order valence-corrected chi connectivity index (χ3v) is 3.58. The molecule has 1 N–H and O–H groups in total. The number of carbonyl (C=O) groups is 1. The second kappa shape index (κ2) is 5.45. The van der Waals surface area contributed by atoms with Crippen molar-refractivity contribution in [2.45, 2.75) is 0 Å². The Morgan fingerprint density at radius 1 is 1.19 bits per heavy atom. The van der Waals surface area contributed by atoms with Crippen molar-refractivity contribution in [3.8, 4) is 11.3 Å². The number of anilines is 1. The van der Waals surface area contributed by atoms with Crippen LogP contribution in [0.4, 0.5) is 14.7 Å². The third kappa shape index (κ3) is 2.82. The van der Waals surface area contributed by atoms with Gasteiger partial charge in [-0.3, -0.25) is 10.1 Å². The molecule has 3 rings (SSSR count). The molecule has 0 fully saturated rings. The summed E-state index contributed by atoms with van der Waals surface area (Å²) in [6, 6.07) is 8.26. The Hall–Kier alpha value is -2.54.